The Bertz CT molecular complexity index is 731. The molecule has 0 saturated carbocycles. The molecule has 0 aliphatic rings. The number of unbranched alkanes of at least 4 members (excludes halogenated alkanes) is 15. The second kappa shape index (κ2) is 25.5. The molecule has 3 atom stereocenters. The number of ether oxygens (including phenoxy) is 1. The molecule has 0 fully saturated rings. The van der Waals surface area contributed by atoms with Crippen LogP contribution in [0.4, 0.5) is 0 Å². The van der Waals surface area contributed by atoms with E-state index in [2.05, 4.69) is 19.1 Å². The summed E-state index contributed by atoms with van der Waals surface area (Å²) in [5.74, 6) is -1.25. The Kier molecular flexibility index (Phi) is 25.0. The highest BCUT2D eigenvalue weighted by Crippen LogP contribution is 2.50. The van der Waals surface area contributed by atoms with Gasteiger partial charge in [-0.1, -0.05) is 96.1 Å². The summed E-state index contributed by atoms with van der Waals surface area (Å²) in [7, 11) is -0.732. The first kappa shape index (κ1) is 41.2. The normalized spacial score (nSPS) is 15.3. The number of hydrogen-bond donors (Lipinski definition) is 4. The van der Waals surface area contributed by atoms with E-state index >= 15 is 0 Å². The molecule has 0 aliphatic heterocycles. The quantitative estimate of drug-likeness (QED) is 0.0179. The Labute approximate surface area is 256 Å². The number of esters is 1. The summed E-state index contributed by atoms with van der Waals surface area (Å²) in [5, 5.41) is 28.2. The van der Waals surface area contributed by atoms with Crippen LogP contribution in [-0.4, -0.2) is 82.7 Å². The zero-order valence-corrected chi connectivity index (χ0v) is 28.2. The second-order valence-electron chi connectivity index (χ2n) is 12.3. The molecule has 0 heterocycles. The standard InChI is InChI=1S/C32H64NO8P/c1-5-6-7-8-9-10-11-12-13-14-15-16-17-18-19-20-21-22-23-24-32(37)40-27-30(34)28-41-42(38,39)29(2)33(3,4)26-25-31(35)36/h15-16,29-31,34-36H,5-14,17-28H2,1-4H3/p+1/b16-15-/t29?,30-/m1/s1. The Balaban J connectivity index is 3.73. The van der Waals surface area contributed by atoms with Gasteiger partial charge >= 0.3 is 13.6 Å². The van der Waals surface area contributed by atoms with E-state index in [-0.39, 0.29) is 30.5 Å². The molecule has 0 spiro atoms. The highest BCUT2D eigenvalue weighted by Gasteiger charge is 2.41. The Morgan fingerprint density at radius 1 is 0.786 bits per heavy atom. The lowest BCUT2D eigenvalue weighted by Crippen LogP contribution is -2.48. The van der Waals surface area contributed by atoms with Gasteiger partial charge in [-0.3, -0.25) is 9.36 Å². The molecule has 0 amide bonds. The zero-order valence-electron chi connectivity index (χ0n) is 27.3. The van der Waals surface area contributed by atoms with Crippen LogP contribution in [-0.2, 0) is 18.6 Å². The monoisotopic (exact) mass is 622 g/mol. The van der Waals surface area contributed by atoms with Gasteiger partial charge in [0.1, 0.15) is 12.7 Å². The molecule has 0 rings (SSSR count). The number of aliphatic hydroxyl groups is 3. The summed E-state index contributed by atoms with van der Waals surface area (Å²) in [6.07, 6.45) is 23.3. The van der Waals surface area contributed by atoms with Crippen LogP contribution >= 0.6 is 7.60 Å². The molecule has 0 radical (unpaired) electrons. The minimum atomic E-state index is -4.11. The third-order valence-electron chi connectivity index (χ3n) is 7.98. The minimum absolute atomic E-state index is 0.0347. The molecular weight excluding hydrogens is 557 g/mol. The van der Waals surface area contributed by atoms with Crippen molar-refractivity contribution in [3.8, 4) is 0 Å². The predicted octanol–water partition coefficient (Wildman–Crippen LogP) is 6.81. The van der Waals surface area contributed by atoms with Crippen LogP contribution in [0.5, 0.6) is 0 Å². The van der Waals surface area contributed by atoms with Crippen LogP contribution < -0.4 is 0 Å². The first-order valence-electron chi connectivity index (χ1n) is 16.6. The summed E-state index contributed by atoms with van der Waals surface area (Å²) in [6, 6.07) is 0. The average Bonchev–Trinajstić information content (AvgIpc) is 2.94. The van der Waals surface area contributed by atoms with Gasteiger partial charge in [0.25, 0.3) is 0 Å². The lowest BCUT2D eigenvalue weighted by atomic mass is 10.1. The first-order chi connectivity index (χ1) is 19.9. The van der Waals surface area contributed by atoms with Crippen molar-refractivity contribution < 1.29 is 43.3 Å². The Morgan fingerprint density at radius 3 is 1.76 bits per heavy atom. The highest BCUT2D eigenvalue weighted by molar-refractivity contribution is 7.53. The lowest BCUT2D eigenvalue weighted by Gasteiger charge is -2.37. The van der Waals surface area contributed by atoms with Crippen molar-refractivity contribution >= 4 is 13.6 Å². The van der Waals surface area contributed by atoms with Crippen LogP contribution in [0, 0.1) is 0 Å². The molecule has 0 aliphatic carbocycles. The molecule has 2 unspecified atom stereocenters. The maximum absolute atomic E-state index is 12.6. The van der Waals surface area contributed by atoms with E-state index in [1.165, 1.54) is 84.0 Å². The van der Waals surface area contributed by atoms with E-state index in [0.717, 1.165) is 32.1 Å². The van der Waals surface area contributed by atoms with Crippen LogP contribution in [0.2, 0.25) is 0 Å². The van der Waals surface area contributed by atoms with Gasteiger partial charge in [-0.15, -0.1) is 0 Å². The van der Waals surface area contributed by atoms with Gasteiger partial charge < -0.3 is 34.0 Å². The van der Waals surface area contributed by atoms with Crippen molar-refractivity contribution in [1.82, 2.24) is 0 Å². The molecular formula is C32H65NO8P+. The van der Waals surface area contributed by atoms with E-state index in [4.69, 9.17) is 19.5 Å². The fraction of sp³-hybridized carbons (Fsp3) is 0.906. The largest absolute Gasteiger partial charge is 0.463 e. The van der Waals surface area contributed by atoms with Crippen LogP contribution in [0.3, 0.4) is 0 Å². The number of quaternary nitrogens is 1. The van der Waals surface area contributed by atoms with E-state index in [1.54, 1.807) is 14.1 Å². The smallest absolute Gasteiger partial charge is 0.384 e. The van der Waals surface area contributed by atoms with E-state index < -0.39 is 38.3 Å². The second-order valence-corrected chi connectivity index (χ2v) is 14.5. The van der Waals surface area contributed by atoms with Crippen molar-refractivity contribution in [2.45, 2.75) is 154 Å². The number of carbonyl (C=O) groups is 1. The van der Waals surface area contributed by atoms with Gasteiger partial charge in [0, 0.05) is 12.8 Å². The number of allylic oxidation sites excluding steroid dienone is 2. The van der Waals surface area contributed by atoms with Gasteiger partial charge in [0.2, 0.25) is 0 Å². The van der Waals surface area contributed by atoms with Crippen LogP contribution in [0.1, 0.15) is 136 Å². The van der Waals surface area contributed by atoms with E-state index in [9.17, 15) is 19.4 Å². The highest BCUT2D eigenvalue weighted by atomic mass is 31.2. The Hall–Kier alpha value is -0.800. The molecule has 0 aromatic heterocycles. The molecule has 0 aromatic carbocycles. The van der Waals surface area contributed by atoms with Crippen LogP contribution in [0.15, 0.2) is 12.2 Å². The predicted molar refractivity (Wildman–Crippen MR) is 170 cm³/mol. The first-order valence-corrected chi connectivity index (χ1v) is 18.2. The Morgan fingerprint density at radius 2 is 1.26 bits per heavy atom. The number of aliphatic hydroxyl groups excluding tert-OH is 2. The van der Waals surface area contributed by atoms with Crippen LogP contribution in [0.25, 0.3) is 0 Å². The van der Waals surface area contributed by atoms with Crippen molar-refractivity contribution in [3.63, 3.8) is 0 Å². The fourth-order valence-corrected chi connectivity index (χ4v) is 6.19. The zero-order chi connectivity index (χ0) is 31.7. The molecule has 0 aromatic rings. The topological polar surface area (TPSA) is 134 Å². The van der Waals surface area contributed by atoms with Gasteiger partial charge in [0.15, 0.2) is 12.1 Å². The number of hydrogen-bond acceptors (Lipinski definition) is 7. The van der Waals surface area contributed by atoms with Gasteiger partial charge in [-0.25, -0.2) is 0 Å². The van der Waals surface area contributed by atoms with E-state index in [0.29, 0.717) is 0 Å². The molecule has 10 heteroatoms. The van der Waals surface area contributed by atoms with Crippen molar-refractivity contribution in [2.24, 2.45) is 0 Å². The summed E-state index contributed by atoms with van der Waals surface area (Å²) in [5.41, 5.74) is 0. The molecule has 4 N–H and O–H groups in total. The molecule has 0 bridgehead atoms. The maximum atomic E-state index is 12.6. The average molecular weight is 623 g/mol. The lowest BCUT2D eigenvalue weighted by molar-refractivity contribution is -0.901. The van der Waals surface area contributed by atoms with Crippen molar-refractivity contribution in [1.29, 1.82) is 0 Å². The summed E-state index contributed by atoms with van der Waals surface area (Å²) in [6.45, 7) is 3.31. The van der Waals surface area contributed by atoms with Gasteiger partial charge in [-0.2, -0.15) is 0 Å². The molecule has 0 saturated heterocycles. The third kappa shape index (κ3) is 23.6. The molecule has 42 heavy (non-hydrogen) atoms. The SMILES string of the molecule is CCCCCCCCCCC/C=C\CCCCCCCCC(=O)OC[C@@H](O)COP(=O)(O)C(C)[N+](C)(C)CCC(O)O. The summed E-state index contributed by atoms with van der Waals surface area (Å²) < 4.78 is 22.8. The van der Waals surface area contributed by atoms with Gasteiger partial charge in [-0.05, 0) is 39.0 Å². The van der Waals surface area contributed by atoms with Gasteiger partial charge in [0.05, 0.1) is 27.2 Å². The molecule has 9 nitrogen and oxygen atoms in total. The molecule has 250 valence electrons. The minimum Gasteiger partial charge on any atom is -0.463 e. The number of nitrogens with zero attached hydrogens (tertiary/aromatic N) is 1. The third-order valence-corrected chi connectivity index (χ3v) is 10.1. The maximum Gasteiger partial charge on any atom is 0.384 e. The van der Waals surface area contributed by atoms with Crippen molar-refractivity contribution in [3.05, 3.63) is 12.2 Å². The fourth-order valence-electron chi connectivity index (χ4n) is 4.69. The van der Waals surface area contributed by atoms with Crippen molar-refractivity contribution in [2.75, 3.05) is 33.9 Å². The summed E-state index contributed by atoms with van der Waals surface area (Å²) in [4.78, 5) is 22.3. The van der Waals surface area contributed by atoms with E-state index in [1.807, 2.05) is 0 Å². The number of rotatable bonds is 29. The number of carbonyl (C=O) groups excluding carboxylic acids is 1. The summed E-state index contributed by atoms with van der Waals surface area (Å²) >= 11 is 0.